The Morgan fingerprint density at radius 2 is 2.30 bits per heavy atom. The molecule has 3 N–H and O–H groups in total. The van der Waals surface area contributed by atoms with Gasteiger partial charge in [0, 0.05) is 5.57 Å². The highest BCUT2D eigenvalue weighted by Crippen LogP contribution is 2.09. The molecule has 0 amide bonds. The molecule has 0 saturated heterocycles. The second kappa shape index (κ2) is 3.20. The number of hydrogen-bond acceptors (Lipinski definition) is 1. The molecule has 1 rings (SSSR count). The van der Waals surface area contributed by atoms with Crippen molar-refractivity contribution in [2.24, 2.45) is 5.73 Å². The van der Waals surface area contributed by atoms with E-state index in [0.717, 1.165) is 18.4 Å². The van der Waals surface area contributed by atoms with Crippen LogP contribution in [0.3, 0.4) is 0 Å². The van der Waals surface area contributed by atoms with E-state index in [1.165, 1.54) is 6.42 Å². The molecule has 2 nitrogen and oxygen atoms in total. The van der Waals surface area contributed by atoms with E-state index in [-0.39, 0.29) is 5.84 Å². The van der Waals surface area contributed by atoms with Crippen molar-refractivity contribution >= 4 is 5.84 Å². The van der Waals surface area contributed by atoms with Crippen LogP contribution in [0.5, 0.6) is 0 Å². The SMILES string of the molecule is N=C(N)C1=CCCCC=C1. The normalized spacial score (nSPS) is 17.8. The van der Waals surface area contributed by atoms with E-state index in [9.17, 15) is 0 Å². The minimum Gasteiger partial charge on any atom is -0.384 e. The standard InChI is InChI=1S/C8H12N2/c9-8(10)7-5-3-1-2-4-6-7/h3,5-6H,1-2,4H2,(H3,9,10). The average Bonchev–Trinajstić information content (AvgIpc) is 2.12. The van der Waals surface area contributed by atoms with Gasteiger partial charge in [-0.1, -0.05) is 18.2 Å². The summed E-state index contributed by atoms with van der Waals surface area (Å²) in [4.78, 5) is 0. The first-order valence-corrected chi connectivity index (χ1v) is 3.52. The van der Waals surface area contributed by atoms with Crippen molar-refractivity contribution in [1.29, 1.82) is 5.41 Å². The molecule has 0 radical (unpaired) electrons. The zero-order valence-electron chi connectivity index (χ0n) is 5.93. The number of hydrogen-bond donors (Lipinski definition) is 2. The molecule has 2 heteroatoms. The van der Waals surface area contributed by atoms with Gasteiger partial charge in [0.05, 0.1) is 0 Å². The first-order valence-electron chi connectivity index (χ1n) is 3.52. The summed E-state index contributed by atoms with van der Waals surface area (Å²) in [6, 6.07) is 0. The maximum absolute atomic E-state index is 7.14. The Kier molecular flexibility index (Phi) is 2.26. The molecule has 54 valence electrons. The van der Waals surface area contributed by atoms with E-state index in [1.807, 2.05) is 12.2 Å². The molecular weight excluding hydrogens is 124 g/mol. The third-order valence-corrected chi connectivity index (χ3v) is 1.55. The van der Waals surface area contributed by atoms with Gasteiger partial charge in [0.1, 0.15) is 5.84 Å². The van der Waals surface area contributed by atoms with Gasteiger partial charge in [-0.2, -0.15) is 0 Å². The van der Waals surface area contributed by atoms with Gasteiger partial charge in [-0.15, -0.1) is 0 Å². The number of nitrogens with two attached hydrogens (primary N) is 1. The molecule has 10 heavy (non-hydrogen) atoms. The summed E-state index contributed by atoms with van der Waals surface area (Å²) in [7, 11) is 0. The Labute approximate surface area is 60.9 Å². The van der Waals surface area contributed by atoms with Crippen LogP contribution in [0.1, 0.15) is 19.3 Å². The fraction of sp³-hybridized carbons (Fsp3) is 0.375. The van der Waals surface area contributed by atoms with E-state index in [1.54, 1.807) is 0 Å². The van der Waals surface area contributed by atoms with Crippen molar-refractivity contribution in [3.8, 4) is 0 Å². The minimum atomic E-state index is 0.179. The summed E-state index contributed by atoms with van der Waals surface area (Å²) < 4.78 is 0. The highest BCUT2D eigenvalue weighted by Gasteiger charge is 1.97. The predicted molar refractivity (Wildman–Crippen MR) is 43.0 cm³/mol. The van der Waals surface area contributed by atoms with Crippen LogP contribution in [0.25, 0.3) is 0 Å². The molecule has 0 atom stereocenters. The van der Waals surface area contributed by atoms with Gasteiger partial charge in [-0.3, -0.25) is 5.41 Å². The molecule has 0 aromatic heterocycles. The highest BCUT2D eigenvalue weighted by atomic mass is 14.7. The van der Waals surface area contributed by atoms with Crippen LogP contribution in [0.15, 0.2) is 23.8 Å². The van der Waals surface area contributed by atoms with Gasteiger partial charge >= 0.3 is 0 Å². The maximum atomic E-state index is 7.14. The number of amidine groups is 1. The highest BCUT2D eigenvalue weighted by molar-refractivity contribution is 5.97. The number of allylic oxidation sites excluding steroid dienone is 2. The van der Waals surface area contributed by atoms with Crippen molar-refractivity contribution in [3.05, 3.63) is 23.8 Å². The Morgan fingerprint density at radius 3 is 3.00 bits per heavy atom. The van der Waals surface area contributed by atoms with Crippen LogP contribution < -0.4 is 5.73 Å². The monoisotopic (exact) mass is 136 g/mol. The first kappa shape index (κ1) is 7.06. The molecule has 0 unspecified atom stereocenters. The van der Waals surface area contributed by atoms with Crippen molar-refractivity contribution in [2.45, 2.75) is 19.3 Å². The molecule has 0 aromatic rings. The summed E-state index contributed by atoms with van der Waals surface area (Å²) in [5.41, 5.74) is 6.17. The predicted octanol–water partition coefficient (Wildman–Crippen LogP) is 1.59. The zero-order chi connectivity index (χ0) is 7.40. The lowest BCUT2D eigenvalue weighted by Crippen LogP contribution is -2.10. The van der Waals surface area contributed by atoms with Crippen LogP contribution in [-0.2, 0) is 0 Å². The molecule has 0 aliphatic heterocycles. The smallest absolute Gasteiger partial charge is 0.122 e. The van der Waals surface area contributed by atoms with E-state index >= 15 is 0 Å². The first-order chi connectivity index (χ1) is 4.80. The van der Waals surface area contributed by atoms with Crippen molar-refractivity contribution < 1.29 is 0 Å². The minimum absolute atomic E-state index is 0.179. The van der Waals surface area contributed by atoms with E-state index in [2.05, 4.69) is 6.08 Å². The number of rotatable bonds is 1. The van der Waals surface area contributed by atoms with E-state index in [4.69, 9.17) is 11.1 Å². The number of nitrogens with one attached hydrogen (secondary N) is 1. The second-order valence-electron chi connectivity index (χ2n) is 2.41. The van der Waals surface area contributed by atoms with Crippen molar-refractivity contribution in [3.63, 3.8) is 0 Å². The third-order valence-electron chi connectivity index (χ3n) is 1.55. The maximum Gasteiger partial charge on any atom is 0.122 e. The van der Waals surface area contributed by atoms with Crippen LogP contribution in [0, 0.1) is 5.41 Å². The molecule has 1 aliphatic carbocycles. The van der Waals surface area contributed by atoms with Gasteiger partial charge in [0.2, 0.25) is 0 Å². The molecular formula is C8H12N2. The largest absolute Gasteiger partial charge is 0.384 e. The molecule has 0 spiro atoms. The Balaban J connectivity index is 2.70. The topological polar surface area (TPSA) is 49.9 Å². The van der Waals surface area contributed by atoms with Gasteiger partial charge in [0.25, 0.3) is 0 Å². The van der Waals surface area contributed by atoms with Crippen LogP contribution in [0.2, 0.25) is 0 Å². The van der Waals surface area contributed by atoms with Crippen LogP contribution in [-0.4, -0.2) is 5.84 Å². The quantitative estimate of drug-likeness (QED) is 0.417. The Morgan fingerprint density at radius 1 is 1.50 bits per heavy atom. The Hall–Kier alpha value is -1.05. The molecule has 0 saturated carbocycles. The molecule has 0 bridgehead atoms. The van der Waals surface area contributed by atoms with Crippen LogP contribution >= 0.6 is 0 Å². The molecule has 1 aliphatic rings. The molecule has 0 heterocycles. The summed E-state index contributed by atoms with van der Waals surface area (Å²) in [5, 5.41) is 7.14. The van der Waals surface area contributed by atoms with Gasteiger partial charge in [-0.25, -0.2) is 0 Å². The summed E-state index contributed by atoms with van der Waals surface area (Å²) in [6.07, 6.45) is 9.34. The van der Waals surface area contributed by atoms with E-state index < -0.39 is 0 Å². The summed E-state index contributed by atoms with van der Waals surface area (Å²) in [6.45, 7) is 0. The van der Waals surface area contributed by atoms with Crippen LogP contribution in [0.4, 0.5) is 0 Å². The molecule has 0 fully saturated rings. The summed E-state index contributed by atoms with van der Waals surface area (Å²) >= 11 is 0. The fourth-order valence-corrected chi connectivity index (χ4v) is 0.971. The van der Waals surface area contributed by atoms with Crippen molar-refractivity contribution in [2.75, 3.05) is 0 Å². The van der Waals surface area contributed by atoms with Crippen molar-refractivity contribution in [1.82, 2.24) is 0 Å². The Bertz CT molecular complexity index is 189. The molecule has 0 aromatic carbocycles. The van der Waals surface area contributed by atoms with Gasteiger partial charge < -0.3 is 5.73 Å². The average molecular weight is 136 g/mol. The fourth-order valence-electron chi connectivity index (χ4n) is 0.971. The zero-order valence-corrected chi connectivity index (χ0v) is 5.93. The lowest BCUT2D eigenvalue weighted by Gasteiger charge is -1.94. The third kappa shape index (κ3) is 1.72. The second-order valence-corrected chi connectivity index (χ2v) is 2.41. The summed E-state index contributed by atoms with van der Waals surface area (Å²) in [5.74, 6) is 0.179. The lowest BCUT2D eigenvalue weighted by molar-refractivity contribution is 0.875. The lowest BCUT2D eigenvalue weighted by atomic mass is 10.2. The van der Waals surface area contributed by atoms with Gasteiger partial charge in [0.15, 0.2) is 0 Å². The van der Waals surface area contributed by atoms with E-state index in [0.29, 0.717) is 0 Å². The van der Waals surface area contributed by atoms with Gasteiger partial charge in [-0.05, 0) is 19.3 Å².